The van der Waals surface area contributed by atoms with Crippen molar-refractivity contribution in [2.45, 2.75) is 18.8 Å². The molecule has 3 aromatic rings. The van der Waals surface area contributed by atoms with E-state index in [1.165, 1.54) is 9.71 Å². The Morgan fingerprint density at radius 1 is 0.968 bits per heavy atom. The van der Waals surface area contributed by atoms with E-state index in [2.05, 4.69) is 28.0 Å². The molecule has 0 unspecified atom stereocenters. The van der Waals surface area contributed by atoms with Crippen LogP contribution in [-0.4, -0.2) is 71.6 Å². The number of hydrogen-bond acceptors (Lipinski definition) is 6. The number of carbonyl (C=O) groups is 1. The third-order valence-electron chi connectivity index (χ3n) is 6.46. The molecule has 162 valence electrons. The Hall–Kier alpha value is -2.64. The summed E-state index contributed by atoms with van der Waals surface area (Å²) >= 11 is 1.80. The number of aromatic nitrogens is 1. The van der Waals surface area contributed by atoms with Crippen LogP contribution in [0, 0.1) is 0 Å². The van der Waals surface area contributed by atoms with Crippen molar-refractivity contribution < 1.29 is 9.90 Å². The normalized spacial score (nSPS) is 18.6. The highest BCUT2D eigenvalue weighted by Gasteiger charge is 2.28. The first-order valence-corrected chi connectivity index (χ1v) is 11.9. The highest BCUT2D eigenvalue weighted by atomic mass is 32.1. The molecule has 1 N–H and O–H groups in total. The van der Waals surface area contributed by atoms with E-state index in [4.69, 9.17) is 4.98 Å². The summed E-state index contributed by atoms with van der Waals surface area (Å²) in [6, 6.07) is 15.8. The van der Waals surface area contributed by atoms with Gasteiger partial charge in [-0.15, -0.1) is 11.3 Å². The van der Waals surface area contributed by atoms with Crippen molar-refractivity contribution >= 4 is 33.1 Å². The van der Waals surface area contributed by atoms with Crippen LogP contribution in [0.2, 0.25) is 0 Å². The van der Waals surface area contributed by atoms with E-state index in [0.717, 1.165) is 63.3 Å². The molecule has 3 heterocycles. The second-order valence-corrected chi connectivity index (χ2v) is 9.49. The number of aromatic hydroxyl groups is 1. The first-order chi connectivity index (χ1) is 15.2. The molecule has 0 spiro atoms. The maximum atomic E-state index is 12.9. The van der Waals surface area contributed by atoms with E-state index in [1.807, 2.05) is 29.2 Å². The van der Waals surface area contributed by atoms with E-state index < -0.39 is 0 Å². The van der Waals surface area contributed by atoms with Crippen molar-refractivity contribution in [2.75, 3.05) is 50.7 Å². The van der Waals surface area contributed by atoms with Gasteiger partial charge in [0.05, 0.1) is 27.5 Å². The molecule has 0 saturated carbocycles. The van der Waals surface area contributed by atoms with Crippen LogP contribution in [0.25, 0.3) is 10.2 Å². The molecule has 2 aliphatic rings. The standard InChI is InChI=1S/C24H28N4O2S/c29-21-7-3-2-6-20(21)27-15-13-26(14-16-27)17-23(30)28-11-9-18(10-12-28)24-25-19-5-1-4-8-22(19)31-24/h1-8,18,29H,9-17H2. The van der Waals surface area contributed by atoms with Crippen LogP contribution in [0.15, 0.2) is 48.5 Å². The summed E-state index contributed by atoms with van der Waals surface area (Å²) in [5, 5.41) is 11.3. The number of phenolic OH excluding ortho intramolecular Hbond substituents is 1. The Morgan fingerprint density at radius 3 is 2.42 bits per heavy atom. The molecule has 5 rings (SSSR count). The third-order valence-corrected chi connectivity index (χ3v) is 7.66. The van der Waals surface area contributed by atoms with Gasteiger partial charge in [-0.25, -0.2) is 4.98 Å². The lowest BCUT2D eigenvalue weighted by molar-refractivity contribution is -0.133. The average Bonchev–Trinajstić information content (AvgIpc) is 3.24. The molecule has 1 amide bonds. The Labute approximate surface area is 186 Å². The minimum absolute atomic E-state index is 0.235. The Bertz CT molecular complexity index is 1020. The second kappa shape index (κ2) is 8.85. The van der Waals surface area contributed by atoms with Crippen LogP contribution in [-0.2, 0) is 4.79 Å². The summed E-state index contributed by atoms with van der Waals surface area (Å²) in [6.45, 7) is 5.44. The molecule has 1 aromatic heterocycles. The predicted octanol–water partition coefficient (Wildman–Crippen LogP) is 3.53. The molecule has 2 saturated heterocycles. The number of amides is 1. The number of rotatable bonds is 4. The minimum atomic E-state index is 0.235. The van der Waals surface area contributed by atoms with Crippen molar-refractivity contribution in [1.29, 1.82) is 0 Å². The molecule has 0 aliphatic carbocycles. The maximum Gasteiger partial charge on any atom is 0.236 e. The van der Waals surface area contributed by atoms with Crippen LogP contribution < -0.4 is 4.90 Å². The van der Waals surface area contributed by atoms with Gasteiger partial charge < -0.3 is 14.9 Å². The lowest BCUT2D eigenvalue weighted by atomic mass is 9.97. The number of thiazole rings is 1. The van der Waals surface area contributed by atoms with Gasteiger partial charge in [0.15, 0.2) is 0 Å². The average molecular weight is 437 g/mol. The Kier molecular flexibility index (Phi) is 5.78. The van der Waals surface area contributed by atoms with Crippen LogP contribution in [0.3, 0.4) is 0 Å². The number of carbonyl (C=O) groups excluding carboxylic acids is 1. The van der Waals surface area contributed by atoms with Gasteiger partial charge in [-0.2, -0.15) is 0 Å². The van der Waals surface area contributed by atoms with Gasteiger partial charge in [-0.05, 0) is 37.1 Å². The maximum absolute atomic E-state index is 12.9. The highest BCUT2D eigenvalue weighted by molar-refractivity contribution is 7.18. The summed E-state index contributed by atoms with van der Waals surface area (Å²) in [6.07, 6.45) is 1.99. The first-order valence-electron chi connectivity index (χ1n) is 11.1. The minimum Gasteiger partial charge on any atom is -0.506 e. The zero-order valence-corrected chi connectivity index (χ0v) is 18.4. The largest absolute Gasteiger partial charge is 0.506 e. The predicted molar refractivity (Wildman–Crippen MR) is 125 cm³/mol. The van der Waals surface area contributed by atoms with E-state index in [-0.39, 0.29) is 5.91 Å². The molecule has 0 atom stereocenters. The SMILES string of the molecule is O=C(CN1CCN(c2ccccc2O)CC1)N1CCC(c2nc3ccccc3s2)CC1. The smallest absolute Gasteiger partial charge is 0.236 e. The molecule has 2 aliphatic heterocycles. The number of para-hydroxylation sites is 3. The van der Waals surface area contributed by atoms with E-state index in [1.54, 1.807) is 17.4 Å². The summed E-state index contributed by atoms with van der Waals surface area (Å²) < 4.78 is 1.25. The van der Waals surface area contributed by atoms with Gasteiger partial charge in [0, 0.05) is 45.2 Å². The Morgan fingerprint density at radius 2 is 1.68 bits per heavy atom. The number of piperidine rings is 1. The van der Waals surface area contributed by atoms with Gasteiger partial charge in [0.2, 0.25) is 5.91 Å². The fourth-order valence-electron chi connectivity index (χ4n) is 4.61. The summed E-state index contributed by atoms with van der Waals surface area (Å²) in [5.74, 6) is 1.02. The summed E-state index contributed by atoms with van der Waals surface area (Å²) in [5.41, 5.74) is 1.97. The topological polar surface area (TPSA) is 59.9 Å². The van der Waals surface area contributed by atoms with Gasteiger partial charge in [-0.1, -0.05) is 24.3 Å². The third kappa shape index (κ3) is 4.38. The van der Waals surface area contributed by atoms with Crippen molar-refractivity contribution in [3.05, 3.63) is 53.5 Å². The van der Waals surface area contributed by atoms with Gasteiger partial charge in [0.25, 0.3) is 0 Å². The fourth-order valence-corrected chi connectivity index (χ4v) is 5.75. The van der Waals surface area contributed by atoms with Gasteiger partial charge in [0.1, 0.15) is 5.75 Å². The molecule has 0 bridgehead atoms. The van der Waals surface area contributed by atoms with E-state index in [9.17, 15) is 9.90 Å². The van der Waals surface area contributed by atoms with Crippen molar-refractivity contribution in [2.24, 2.45) is 0 Å². The number of likely N-dealkylation sites (tertiary alicyclic amines) is 1. The molecule has 31 heavy (non-hydrogen) atoms. The zero-order chi connectivity index (χ0) is 21.2. The molecular formula is C24H28N4O2S. The zero-order valence-electron chi connectivity index (χ0n) is 17.6. The lowest BCUT2D eigenvalue weighted by Gasteiger charge is -2.37. The van der Waals surface area contributed by atoms with Crippen molar-refractivity contribution in [3.63, 3.8) is 0 Å². The molecule has 2 aromatic carbocycles. The fraction of sp³-hybridized carbons (Fsp3) is 0.417. The number of piperazine rings is 1. The number of benzene rings is 2. The van der Waals surface area contributed by atoms with E-state index in [0.29, 0.717) is 18.2 Å². The molecule has 2 fully saturated rings. The number of phenols is 1. The molecular weight excluding hydrogens is 408 g/mol. The van der Waals surface area contributed by atoms with Gasteiger partial charge >= 0.3 is 0 Å². The number of hydrogen-bond donors (Lipinski definition) is 1. The molecule has 6 nitrogen and oxygen atoms in total. The summed E-state index contributed by atoms with van der Waals surface area (Å²) in [4.78, 5) is 24.2. The van der Waals surface area contributed by atoms with Crippen LogP contribution >= 0.6 is 11.3 Å². The van der Waals surface area contributed by atoms with Crippen LogP contribution in [0.1, 0.15) is 23.8 Å². The number of fused-ring (bicyclic) bond motifs is 1. The van der Waals surface area contributed by atoms with Crippen LogP contribution in [0.5, 0.6) is 5.75 Å². The first kappa shape index (κ1) is 20.3. The molecule has 0 radical (unpaired) electrons. The quantitative estimate of drug-likeness (QED) is 0.678. The lowest BCUT2D eigenvalue weighted by Crippen LogP contribution is -2.51. The van der Waals surface area contributed by atoms with Crippen LogP contribution in [0.4, 0.5) is 5.69 Å². The second-order valence-electron chi connectivity index (χ2n) is 8.43. The highest BCUT2D eigenvalue weighted by Crippen LogP contribution is 2.34. The Balaban J connectivity index is 1.11. The summed E-state index contributed by atoms with van der Waals surface area (Å²) in [7, 11) is 0. The van der Waals surface area contributed by atoms with Crippen molar-refractivity contribution in [3.8, 4) is 5.75 Å². The molecule has 7 heteroatoms. The van der Waals surface area contributed by atoms with Crippen molar-refractivity contribution in [1.82, 2.24) is 14.8 Å². The monoisotopic (exact) mass is 436 g/mol. The van der Waals surface area contributed by atoms with E-state index >= 15 is 0 Å². The van der Waals surface area contributed by atoms with Gasteiger partial charge in [-0.3, -0.25) is 9.69 Å². The number of nitrogens with zero attached hydrogens (tertiary/aromatic N) is 4. The number of anilines is 1.